The minimum absolute atomic E-state index is 0.146. The Morgan fingerprint density at radius 1 is 1.00 bits per heavy atom. The van der Waals surface area contributed by atoms with Gasteiger partial charge in [0, 0.05) is 41.1 Å². The highest BCUT2D eigenvalue weighted by Gasteiger charge is 2.20. The molecule has 0 radical (unpaired) electrons. The minimum Gasteiger partial charge on any atom is -0.467 e. The fraction of sp³-hybridized carbons (Fsp3) is 0.148. The van der Waals surface area contributed by atoms with Crippen LogP contribution in [0.1, 0.15) is 24.2 Å². The van der Waals surface area contributed by atoms with Crippen molar-refractivity contribution >= 4 is 22.5 Å². The molecule has 0 aliphatic rings. The molecule has 3 N–H and O–H groups in total. The molecular weight excluding hydrogens is 454 g/mol. The van der Waals surface area contributed by atoms with Gasteiger partial charge in [0.2, 0.25) is 5.95 Å². The van der Waals surface area contributed by atoms with Crippen molar-refractivity contribution in [2.24, 2.45) is 0 Å². The maximum Gasteiger partial charge on any atom is 0.316 e. The van der Waals surface area contributed by atoms with Crippen LogP contribution in [-0.4, -0.2) is 31.6 Å². The largest absolute Gasteiger partial charge is 0.467 e. The van der Waals surface area contributed by atoms with Gasteiger partial charge in [0.05, 0.1) is 18.5 Å². The summed E-state index contributed by atoms with van der Waals surface area (Å²) in [5.74, 6) is 0.798. The third-order valence-electron chi connectivity index (χ3n) is 6.00. The molecule has 0 amide bonds. The van der Waals surface area contributed by atoms with E-state index in [2.05, 4.69) is 25.3 Å². The molecule has 9 heteroatoms. The predicted molar refractivity (Wildman–Crippen MR) is 140 cm³/mol. The summed E-state index contributed by atoms with van der Waals surface area (Å²) >= 11 is 0. The van der Waals surface area contributed by atoms with Crippen molar-refractivity contribution in [3.05, 3.63) is 94.8 Å². The van der Waals surface area contributed by atoms with Gasteiger partial charge in [0.1, 0.15) is 5.82 Å². The van der Waals surface area contributed by atoms with E-state index in [1.165, 1.54) is 7.11 Å². The zero-order valence-electron chi connectivity index (χ0n) is 20.1. The molecule has 5 aromatic rings. The minimum atomic E-state index is -0.275. The summed E-state index contributed by atoms with van der Waals surface area (Å²) in [6, 6.07) is 17.3. The smallest absolute Gasteiger partial charge is 0.316 e. The maximum absolute atomic E-state index is 14.2. The van der Waals surface area contributed by atoms with Crippen LogP contribution in [0.25, 0.3) is 27.6 Å². The molecule has 0 saturated heterocycles. The highest BCUT2D eigenvalue weighted by Crippen LogP contribution is 2.30. The lowest BCUT2D eigenvalue weighted by Gasteiger charge is -2.22. The van der Waals surface area contributed by atoms with Gasteiger partial charge in [0.15, 0.2) is 0 Å². The predicted octanol–water partition coefficient (Wildman–Crippen LogP) is 4.31. The Kier molecular flexibility index (Phi) is 6.03. The SMILES string of the molecule is COc1ncc(-c2cccc3cc(C(C)Nc4nc(N)ncc4C)n(-c4ccccc4)c(=O)c23)cn1. The number of benzene rings is 2. The molecule has 2 aromatic carbocycles. The van der Waals surface area contributed by atoms with Crippen LogP contribution >= 0.6 is 0 Å². The van der Waals surface area contributed by atoms with Crippen LogP contribution in [0.2, 0.25) is 0 Å². The highest BCUT2D eigenvalue weighted by atomic mass is 16.5. The van der Waals surface area contributed by atoms with Crippen molar-refractivity contribution in [3.63, 3.8) is 0 Å². The zero-order chi connectivity index (χ0) is 25.2. The van der Waals surface area contributed by atoms with E-state index in [-0.39, 0.29) is 23.6 Å². The number of para-hydroxylation sites is 1. The number of aromatic nitrogens is 5. The Bertz CT molecular complexity index is 1600. The molecule has 3 heterocycles. The van der Waals surface area contributed by atoms with E-state index in [4.69, 9.17) is 10.5 Å². The van der Waals surface area contributed by atoms with Crippen molar-refractivity contribution in [2.45, 2.75) is 19.9 Å². The summed E-state index contributed by atoms with van der Waals surface area (Å²) < 4.78 is 6.82. The van der Waals surface area contributed by atoms with Crippen LogP contribution in [0.4, 0.5) is 11.8 Å². The monoisotopic (exact) mass is 479 g/mol. The fourth-order valence-electron chi connectivity index (χ4n) is 4.23. The number of rotatable bonds is 6. The Morgan fingerprint density at radius 2 is 1.75 bits per heavy atom. The Labute approximate surface area is 207 Å². The molecule has 0 aliphatic heterocycles. The van der Waals surface area contributed by atoms with Crippen molar-refractivity contribution in [1.29, 1.82) is 0 Å². The molecule has 0 bridgehead atoms. The second-order valence-corrected chi connectivity index (χ2v) is 8.40. The zero-order valence-corrected chi connectivity index (χ0v) is 20.1. The lowest BCUT2D eigenvalue weighted by molar-refractivity contribution is 0.380. The first-order valence-electron chi connectivity index (χ1n) is 11.4. The molecule has 0 saturated carbocycles. The first kappa shape index (κ1) is 23.0. The molecule has 180 valence electrons. The topological polar surface area (TPSA) is 121 Å². The number of nitrogens with one attached hydrogen (secondary N) is 1. The standard InChI is InChI=1S/C27H25N7O2/c1-16-13-29-26(28)33-24(16)32-17(2)22-12-18-8-7-11-21(19-14-30-27(36-3)31-15-19)23(18)25(35)34(22)20-9-5-4-6-10-20/h4-15,17H,1-3H3,(H3,28,29,32,33). The average molecular weight is 480 g/mol. The Balaban J connectivity index is 1.73. The number of nitrogens with zero attached hydrogens (tertiary/aromatic N) is 5. The number of pyridine rings is 1. The molecule has 1 atom stereocenters. The maximum atomic E-state index is 14.2. The van der Waals surface area contributed by atoms with Gasteiger partial charge in [0.25, 0.3) is 5.56 Å². The van der Waals surface area contributed by atoms with Gasteiger partial charge in [-0.3, -0.25) is 9.36 Å². The van der Waals surface area contributed by atoms with Crippen LogP contribution < -0.4 is 21.3 Å². The van der Waals surface area contributed by atoms with Crippen molar-refractivity contribution in [2.75, 3.05) is 18.2 Å². The Hall–Kier alpha value is -4.79. The van der Waals surface area contributed by atoms with Gasteiger partial charge in [-0.05, 0) is 43.0 Å². The molecule has 3 aromatic heterocycles. The summed E-state index contributed by atoms with van der Waals surface area (Å²) in [6.45, 7) is 3.89. The van der Waals surface area contributed by atoms with E-state index >= 15 is 0 Å². The third-order valence-corrected chi connectivity index (χ3v) is 6.00. The molecule has 5 rings (SSSR count). The summed E-state index contributed by atoms with van der Waals surface area (Å²) in [7, 11) is 1.51. The summed E-state index contributed by atoms with van der Waals surface area (Å²) in [6.07, 6.45) is 4.99. The number of methoxy groups -OCH3 is 1. The molecule has 36 heavy (non-hydrogen) atoms. The number of anilines is 2. The van der Waals surface area contributed by atoms with E-state index in [1.54, 1.807) is 23.2 Å². The normalized spacial score (nSPS) is 11.9. The molecular formula is C27H25N7O2. The molecule has 9 nitrogen and oxygen atoms in total. The van der Waals surface area contributed by atoms with Crippen LogP contribution in [0.15, 0.2) is 78.0 Å². The molecule has 0 fully saturated rings. The van der Waals surface area contributed by atoms with Gasteiger partial charge in [-0.2, -0.15) is 4.98 Å². The van der Waals surface area contributed by atoms with E-state index in [0.29, 0.717) is 11.2 Å². The van der Waals surface area contributed by atoms with Crippen LogP contribution in [0.5, 0.6) is 6.01 Å². The lowest BCUT2D eigenvalue weighted by atomic mass is 9.99. The first-order valence-corrected chi connectivity index (χ1v) is 11.4. The van der Waals surface area contributed by atoms with Gasteiger partial charge >= 0.3 is 6.01 Å². The van der Waals surface area contributed by atoms with Gasteiger partial charge < -0.3 is 15.8 Å². The fourth-order valence-corrected chi connectivity index (χ4v) is 4.23. The quantitative estimate of drug-likeness (QED) is 0.370. The summed E-state index contributed by atoms with van der Waals surface area (Å²) in [4.78, 5) is 31.0. The van der Waals surface area contributed by atoms with Crippen LogP contribution in [0, 0.1) is 6.92 Å². The van der Waals surface area contributed by atoms with Gasteiger partial charge in [-0.25, -0.2) is 15.0 Å². The second-order valence-electron chi connectivity index (χ2n) is 8.40. The van der Waals surface area contributed by atoms with Crippen LogP contribution in [0.3, 0.4) is 0 Å². The van der Waals surface area contributed by atoms with E-state index < -0.39 is 0 Å². The Morgan fingerprint density at radius 3 is 2.47 bits per heavy atom. The number of hydrogen-bond donors (Lipinski definition) is 2. The average Bonchev–Trinajstić information content (AvgIpc) is 2.90. The molecule has 1 unspecified atom stereocenters. The van der Waals surface area contributed by atoms with Crippen molar-refractivity contribution < 1.29 is 4.74 Å². The molecule has 0 spiro atoms. The molecule has 0 aliphatic carbocycles. The first-order chi connectivity index (χ1) is 17.5. The van der Waals surface area contributed by atoms with Gasteiger partial charge in [-0.15, -0.1) is 0 Å². The number of ether oxygens (including phenoxy) is 1. The highest BCUT2D eigenvalue weighted by molar-refractivity contribution is 5.96. The number of fused-ring (bicyclic) bond motifs is 1. The second kappa shape index (κ2) is 9.46. The van der Waals surface area contributed by atoms with Gasteiger partial charge in [-0.1, -0.05) is 36.4 Å². The number of aryl methyl sites for hydroxylation is 1. The summed E-state index contributed by atoms with van der Waals surface area (Å²) in [5, 5.41) is 4.79. The van der Waals surface area contributed by atoms with Crippen LogP contribution in [-0.2, 0) is 0 Å². The van der Waals surface area contributed by atoms with E-state index in [0.717, 1.165) is 33.5 Å². The number of nitrogens with two attached hydrogens (primary N) is 1. The summed E-state index contributed by atoms with van der Waals surface area (Å²) in [5.41, 5.74) is 9.53. The van der Waals surface area contributed by atoms with E-state index in [1.807, 2.05) is 68.4 Å². The number of hydrogen-bond acceptors (Lipinski definition) is 8. The van der Waals surface area contributed by atoms with E-state index in [9.17, 15) is 4.79 Å². The lowest BCUT2D eigenvalue weighted by Crippen LogP contribution is -2.26. The number of nitrogen functional groups attached to an aromatic ring is 1. The third kappa shape index (κ3) is 4.22. The van der Waals surface area contributed by atoms with Crippen molar-refractivity contribution in [1.82, 2.24) is 24.5 Å². The van der Waals surface area contributed by atoms with Crippen molar-refractivity contribution in [3.8, 4) is 22.8 Å².